The van der Waals surface area contributed by atoms with Crippen LogP contribution < -0.4 is 10.6 Å². The lowest BCUT2D eigenvalue weighted by Gasteiger charge is -2.22. The molecule has 0 spiro atoms. The van der Waals surface area contributed by atoms with Crippen LogP contribution in [0.3, 0.4) is 0 Å². The number of hydrogen-bond acceptors (Lipinski definition) is 4. The van der Waals surface area contributed by atoms with Crippen molar-refractivity contribution in [3.8, 4) is 0 Å². The lowest BCUT2D eigenvalue weighted by atomic mass is 10.0. The summed E-state index contributed by atoms with van der Waals surface area (Å²) in [5.41, 5.74) is 2.87. The van der Waals surface area contributed by atoms with Crippen LogP contribution in [-0.4, -0.2) is 34.4 Å². The fourth-order valence-corrected chi connectivity index (χ4v) is 3.57. The van der Waals surface area contributed by atoms with Crippen LogP contribution in [0.15, 0.2) is 24.3 Å². The van der Waals surface area contributed by atoms with Crippen LogP contribution in [0.2, 0.25) is 0 Å². The molecule has 0 unspecified atom stereocenters. The molecule has 2 N–H and O–H groups in total. The van der Waals surface area contributed by atoms with Crippen molar-refractivity contribution in [2.75, 3.05) is 17.2 Å². The van der Waals surface area contributed by atoms with Gasteiger partial charge in [-0.05, 0) is 50.3 Å². The largest absolute Gasteiger partial charge is 0.322 e. The molecule has 1 heterocycles. The zero-order chi connectivity index (χ0) is 19.6. The van der Waals surface area contributed by atoms with Crippen molar-refractivity contribution in [2.45, 2.75) is 52.5 Å². The number of aromatic nitrogens is 1. The molecule has 27 heavy (non-hydrogen) atoms. The van der Waals surface area contributed by atoms with Gasteiger partial charge in [-0.2, -0.15) is 0 Å². The molecule has 0 bridgehead atoms. The lowest BCUT2D eigenvalue weighted by Crippen LogP contribution is -2.42. The number of thiazole rings is 1. The quantitative estimate of drug-likeness (QED) is 0.766. The molecule has 1 aromatic heterocycles. The molecule has 7 heteroatoms. The van der Waals surface area contributed by atoms with Gasteiger partial charge in [-0.25, -0.2) is 9.78 Å². The van der Waals surface area contributed by atoms with Gasteiger partial charge in [-0.3, -0.25) is 4.79 Å². The highest BCUT2D eigenvalue weighted by Gasteiger charge is 2.34. The summed E-state index contributed by atoms with van der Waals surface area (Å²) < 4.78 is 0. The van der Waals surface area contributed by atoms with Gasteiger partial charge in [0, 0.05) is 16.6 Å². The summed E-state index contributed by atoms with van der Waals surface area (Å²) in [4.78, 5) is 32.1. The van der Waals surface area contributed by atoms with E-state index in [4.69, 9.17) is 0 Å². The predicted molar refractivity (Wildman–Crippen MR) is 109 cm³/mol. The Balaban J connectivity index is 1.60. The first kappa shape index (κ1) is 19.4. The predicted octanol–water partition coefficient (Wildman–Crippen LogP) is 4.52. The maximum atomic E-state index is 12.7. The van der Waals surface area contributed by atoms with Gasteiger partial charge in [0.1, 0.15) is 6.54 Å². The van der Waals surface area contributed by atoms with Crippen LogP contribution in [0, 0.1) is 13.8 Å². The Labute approximate surface area is 164 Å². The topological polar surface area (TPSA) is 74.3 Å². The highest BCUT2D eigenvalue weighted by Crippen LogP contribution is 2.28. The van der Waals surface area contributed by atoms with Gasteiger partial charge in [-0.15, -0.1) is 11.3 Å². The molecular formula is C20H26N4O2S. The molecule has 6 nitrogen and oxygen atoms in total. The van der Waals surface area contributed by atoms with E-state index in [-0.39, 0.29) is 24.5 Å². The van der Waals surface area contributed by atoms with Gasteiger partial charge >= 0.3 is 6.03 Å². The molecule has 1 aliphatic carbocycles. The summed E-state index contributed by atoms with van der Waals surface area (Å²) in [7, 11) is 0. The Kier molecular flexibility index (Phi) is 5.79. The van der Waals surface area contributed by atoms with E-state index in [1.54, 1.807) is 4.90 Å². The van der Waals surface area contributed by atoms with Crippen LogP contribution in [0.1, 0.15) is 48.7 Å². The zero-order valence-electron chi connectivity index (χ0n) is 16.2. The molecule has 1 aromatic carbocycles. The van der Waals surface area contributed by atoms with Crippen molar-refractivity contribution in [1.82, 2.24) is 9.88 Å². The van der Waals surface area contributed by atoms with Gasteiger partial charge in [-0.1, -0.05) is 26.0 Å². The number of nitrogens with one attached hydrogen (secondary N) is 2. The average Bonchev–Trinajstić information content (AvgIpc) is 3.39. The SMILES string of the molecule is Cc1nc(NC(=O)CN(C(=O)Nc2ccc(C(C)C)cc2)C2CC2)sc1C. The third kappa shape index (κ3) is 5.07. The second kappa shape index (κ2) is 8.08. The molecule has 0 atom stereocenters. The van der Waals surface area contributed by atoms with Crippen LogP contribution in [0.5, 0.6) is 0 Å². The molecule has 1 saturated carbocycles. The first-order chi connectivity index (χ1) is 12.8. The van der Waals surface area contributed by atoms with Gasteiger partial charge < -0.3 is 15.5 Å². The Morgan fingerprint density at radius 3 is 2.37 bits per heavy atom. The van der Waals surface area contributed by atoms with Crippen molar-refractivity contribution in [1.29, 1.82) is 0 Å². The molecule has 1 aliphatic rings. The lowest BCUT2D eigenvalue weighted by molar-refractivity contribution is -0.116. The number of nitrogens with zero attached hydrogens (tertiary/aromatic N) is 2. The van der Waals surface area contributed by atoms with Crippen molar-refractivity contribution in [3.05, 3.63) is 40.4 Å². The number of anilines is 2. The van der Waals surface area contributed by atoms with Gasteiger partial charge in [0.15, 0.2) is 5.13 Å². The molecule has 0 aliphatic heterocycles. The normalized spacial score (nSPS) is 13.5. The number of benzene rings is 1. The first-order valence-corrected chi connectivity index (χ1v) is 10.1. The molecule has 0 saturated heterocycles. The van der Waals surface area contributed by atoms with Gasteiger partial charge in [0.25, 0.3) is 0 Å². The van der Waals surface area contributed by atoms with E-state index in [1.807, 2.05) is 38.1 Å². The van der Waals surface area contributed by atoms with Gasteiger partial charge in [0.05, 0.1) is 5.69 Å². The number of aryl methyl sites for hydroxylation is 2. The zero-order valence-corrected chi connectivity index (χ0v) is 17.0. The van der Waals surface area contributed by atoms with E-state index < -0.39 is 0 Å². The Bertz CT molecular complexity index is 806. The van der Waals surface area contributed by atoms with E-state index in [9.17, 15) is 9.59 Å². The van der Waals surface area contributed by atoms with Crippen LogP contribution in [0.4, 0.5) is 15.6 Å². The molecule has 144 valence electrons. The number of carbonyl (C=O) groups excluding carboxylic acids is 2. The first-order valence-electron chi connectivity index (χ1n) is 9.25. The molecule has 0 radical (unpaired) electrons. The summed E-state index contributed by atoms with van der Waals surface area (Å²) in [5.74, 6) is 0.223. The number of urea groups is 1. The molecule has 1 fully saturated rings. The van der Waals surface area contributed by atoms with Crippen LogP contribution in [-0.2, 0) is 4.79 Å². The van der Waals surface area contributed by atoms with E-state index in [0.717, 1.165) is 29.1 Å². The van der Waals surface area contributed by atoms with Crippen molar-refractivity contribution < 1.29 is 9.59 Å². The Morgan fingerprint density at radius 2 is 1.85 bits per heavy atom. The average molecular weight is 387 g/mol. The number of hydrogen-bond donors (Lipinski definition) is 2. The van der Waals surface area contributed by atoms with Crippen molar-refractivity contribution in [2.24, 2.45) is 0 Å². The van der Waals surface area contributed by atoms with Crippen LogP contribution >= 0.6 is 11.3 Å². The van der Waals surface area contributed by atoms with E-state index in [1.165, 1.54) is 16.9 Å². The Morgan fingerprint density at radius 1 is 1.19 bits per heavy atom. The molecular weight excluding hydrogens is 360 g/mol. The minimum Gasteiger partial charge on any atom is -0.312 e. The Hall–Kier alpha value is -2.41. The third-order valence-corrected chi connectivity index (χ3v) is 5.65. The summed E-state index contributed by atoms with van der Waals surface area (Å²) in [6, 6.07) is 7.73. The second-order valence-corrected chi connectivity index (χ2v) is 8.48. The number of amides is 3. The maximum Gasteiger partial charge on any atom is 0.322 e. The second-order valence-electron chi connectivity index (χ2n) is 7.27. The minimum absolute atomic E-state index is 0.0260. The van der Waals surface area contributed by atoms with E-state index in [0.29, 0.717) is 11.0 Å². The molecule has 3 amide bonds. The van der Waals surface area contributed by atoms with E-state index >= 15 is 0 Å². The highest BCUT2D eigenvalue weighted by atomic mass is 32.1. The number of carbonyl (C=O) groups is 2. The smallest absolute Gasteiger partial charge is 0.312 e. The summed E-state index contributed by atoms with van der Waals surface area (Å²) in [5, 5.41) is 6.29. The summed E-state index contributed by atoms with van der Waals surface area (Å²) in [6.45, 7) is 8.17. The van der Waals surface area contributed by atoms with Crippen LogP contribution in [0.25, 0.3) is 0 Å². The highest BCUT2D eigenvalue weighted by molar-refractivity contribution is 7.15. The summed E-state index contributed by atoms with van der Waals surface area (Å²) >= 11 is 1.45. The molecule has 2 aromatic rings. The summed E-state index contributed by atoms with van der Waals surface area (Å²) in [6.07, 6.45) is 1.87. The fraction of sp³-hybridized carbons (Fsp3) is 0.450. The van der Waals surface area contributed by atoms with E-state index in [2.05, 4.69) is 29.5 Å². The molecule has 3 rings (SSSR count). The van der Waals surface area contributed by atoms with Crippen molar-refractivity contribution in [3.63, 3.8) is 0 Å². The van der Waals surface area contributed by atoms with Crippen molar-refractivity contribution >= 4 is 34.1 Å². The standard InChI is InChI=1S/C20H26N4O2S/c1-12(2)15-5-7-16(8-6-15)22-20(26)24(17-9-10-17)11-18(25)23-19-21-13(3)14(4)27-19/h5-8,12,17H,9-11H2,1-4H3,(H,22,26)(H,21,23,25). The number of rotatable bonds is 6. The third-order valence-electron chi connectivity index (χ3n) is 4.67. The monoisotopic (exact) mass is 386 g/mol. The minimum atomic E-state index is -0.239. The maximum absolute atomic E-state index is 12.7. The fourth-order valence-electron chi connectivity index (χ4n) is 2.74. The van der Waals surface area contributed by atoms with Gasteiger partial charge in [0.2, 0.25) is 5.91 Å².